The molecule has 1 saturated carbocycles. The van der Waals surface area contributed by atoms with E-state index in [9.17, 15) is 24.0 Å². The average Bonchev–Trinajstić information content (AvgIpc) is 2.91. The summed E-state index contributed by atoms with van der Waals surface area (Å²) < 4.78 is 0. The Labute approximate surface area is 182 Å². The molecule has 0 unspecified atom stereocenters. The van der Waals surface area contributed by atoms with Gasteiger partial charge in [-0.1, -0.05) is 33.6 Å². The minimum atomic E-state index is -0.950. The van der Waals surface area contributed by atoms with Crippen LogP contribution in [-0.2, 0) is 14.4 Å². The number of anilines is 1. The summed E-state index contributed by atoms with van der Waals surface area (Å²) in [5.74, 6) is -2.00. The van der Waals surface area contributed by atoms with Crippen molar-refractivity contribution in [3.63, 3.8) is 0 Å². The van der Waals surface area contributed by atoms with E-state index in [1.807, 2.05) is 20.8 Å². The van der Waals surface area contributed by atoms with Crippen LogP contribution in [0.3, 0.4) is 0 Å². The maximum atomic E-state index is 12.8. The van der Waals surface area contributed by atoms with Gasteiger partial charge in [0.2, 0.25) is 5.91 Å². The number of hydrogen-bond acceptors (Lipinski definition) is 5. The standard InChI is InChI=1S/C23H29N3O5/c1-14(2)12-20(28)24-17-10-8-16(9-11-17)19(27)13-25-21(29)22(30)26(23(25)31)18-7-5-4-6-15(18)3/h8-11,14-15,18H,4-7,12-13H2,1-3H3,(H,24,28)/t15-,18+/m0/s1. The van der Waals surface area contributed by atoms with E-state index in [2.05, 4.69) is 5.32 Å². The van der Waals surface area contributed by atoms with E-state index in [0.717, 1.165) is 29.1 Å². The molecule has 1 saturated heterocycles. The summed E-state index contributed by atoms with van der Waals surface area (Å²) in [7, 11) is 0. The number of benzene rings is 1. The highest BCUT2D eigenvalue weighted by atomic mass is 16.2. The van der Waals surface area contributed by atoms with Crippen LogP contribution in [0.1, 0.15) is 63.2 Å². The van der Waals surface area contributed by atoms with Gasteiger partial charge in [-0.15, -0.1) is 0 Å². The Hall–Kier alpha value is -3.03. The van der Waals surface area contributed by atoms with Gasteiger partial charge in [0.05, 0.1) is 6.54 Å². The number of amides is 5. The monoisotopic (exact) mass is 427 g/mol. The Morgan fingerprint density at radius 2 is 1.68 bits per heavy atom. The average molecular weight is 428 g/mol. The molecule has 3 rings (SSSR count). The number of hydrogen-bond donors (Lipinski definition) is 1. The number of urea groups is 1. The first-order valence-electron chi connectivity index (χ1n) is 10.8. The molecular weight excluding hydrogens is 398 g/mol. The third kappa shape index (κ3) is 5.00. The molecule has 8 nitrogen and oxygen atoms in total. The van der Waals surface area contributed by atoms with Crippen LogP contribution in [0.4, 0.5) is 10.5 Å². The highest BCUT2D eigenvalue weighted by molar-refractivity contribution is 6.45. The zero-order chi connectivity index (χ0) is 22.7. The largest absolute Gasteiger partial charge is 0.334 e. The van der Waals surface area contributed by atoms with E-state index >= 15 is 0 Å². The molecule has 31 heavy (non-hydrogen) atoms. The van der Waals surface area contributed by atoms with Crippen molar-refractivity contribution in [3.05, 3.63) is 29.8 Å². The summed E-state index contributed by atoms with van der Waals surface area (Å²) in [4.78, 5) is 64.0. The normalized spacial score (nSPS) is 21.7. The van der Waals surface area contributed by atoms with Gasteiger partial charge in [-0.3, -0.25) is 24.1 Å². The maximum absolute atomic E-state index is 12.8. The molecule has 1 heterocycles. The predicted molar refractivity (Wildman–Crippen MR) is 114 cm³/mol. The maximum Gasteiger partial charge on any atom is 0.334 e. The minimum absolute atomic E-state index is 0.113. The Morgan fingerprint density at radius 3 is 2.29 bits per heavy atom. The van der Waals surface area contributed by atoms with Crippen molar-refractivity contribution >= 4 is 35.2 Å². The van der Waals surface area contributed by atoms with E-state index in [0.29, 0.717) is 24.1 Å². The predicted octanol–water partition coefficient (Wildman–Crippen LogP) is 3.22. The third-order valence-corrected chi connectivity index (χ3v) is 5.87. The number of imide groups is 2. The first kappa shape index (κ1) is 22.7. The molecule has 5 amide bonds. The van der Waals surface area contributed by atoms with E-state index in [1.54, 1.807) is 12.1 Å². The first-order valence-corrected chi connectivity index (χ1v) is 10.8. The number of nitrogens with zero attached hydrogens (tertiary/aromatic N) is 2. The number of ketones is 1. The van der Waals surface area contributed by atoms with E-state index in [1.165, 1.54) is 12.1 Å². The van der Waals surface area contributed by atoms with E-state index in [4.69, 9.17) is 0 Å². The van der Waals surface area contributed by atoms with Crippen molar-refractivity contribution in [3.8, 4) is 0 Å². The molecular formula is C23H29N3O5. The number of carbonyl (C=O) groups is 5. The summed E-state index contributed by atoms with van der Waals surface area (Å²) in [6.07, 6.45) is 3.91. The lowest BCUT2D eigenvalue weighted by Crippen LogP contribution is -2.46. The second kappa shape index (κ2) is 9.41. The van der Waals surface area contributed by atoms with Gasteiger partial charge in [-0.2, -0.15) is 0 Å². The summed E-state index contributed by atoms with van der Waals surface area (Å²) in [5, 5.41) is 2.76. The summed E-state index contributed by atoms with van der Waals surface area (Å²) >= 11 is 0. The topological polar surface area (TPSA) is 104 Å². The molecule has 0 bridgehead atoms. The lowest BCUT2D eigenvalue weighted by molar-refractivity contribution is -0.144. The van der Waals surface area contributed by atoms with Crippen molar-refractivity contribution < 1.29 is 24.0 Å². The van der Waals surface area contributed by atoms with Crippen molar-refractivity contribution in [2.24, 2.45) is 11.8 Å². The molecule has 1 aromatic rings. The van der Waals surface area contributed by atoms with E-state index < -0.39 is 30.2 Å². The van der Waals surface area contributed by atoms with Gasteiger partial charge in [0.15, 0.2) is 5.78 Å². The molecule has 0 spiro atoms. The summed E-state index contributed by atoms with van der Waals surface area (Å²) in [6, 6.07) is 5.24. The lowest BCUT2D eigenvalue weighted by Gasteiger charge is -2.34. The van der Waals surface area contributed by atoms with Gasteiger partial charge in [0.1, 0.15) is 0 Å². The second-order valence-electron chi connectivity index (χ2n) is 8.82. The second-order valence-corrected chi connectivity index (χ2v) is 8.82. The lowest BCUT2D eigenvalue weighted by atomic mass is 9.85. The van der Waals surface area contributed by atoms with Gasteiger partial charge < -0.3 is 5.32 Å². The highest BCUT2D eigenvalue weighted by Crippen LogP contribution is 2.31. The number of nitrogens with one attached hydrogen (secondary N) is 1. The fraction of sp³-hybridized carbons (Fsp3) is 0.522. The SMILES string of the molecule is CC(C)CC(=O)Nc1ccc(C(=O)CN2C(=O)C(=O)N([C@@H]3CCCC[C@@H]3C)C2=O)cc1. The fourth-order valence-electron chi connectivity index (χ4n) is 4.19. The fourth-order valence-corrected chi connectivity index (χ4v) is 4.19. The molecule has 1 aliphatic carbocycles. The zero-order valence-corrected chi connectivity index (χ0v) is 18.2. The van der Waals surface area contributed by atoms with E-state index in [-0.39, 0.29) is 23.8 Å². The number of rotatable bonds is 7. The van der Waals surface area contributed by atoms with Crippen LogP contribution in [-0.4, -0.2) is 51.9 Å². The van der Waals surface area contributed by atoms with Crippen LogP contribution in [0, 0.1) is 11.8 Å². The summed E-state index contributed by atoms with van der Waals surface area (Å²) in [5.41, 5.74) is 0.850. The highest BCUT2D eigenvalue weighted by Gasteiger charge is 2.49. The molecule has 2 fully saturated rings. The van der Waals surface area contributed by atoms with Gasteiger partial charge >= 0.3 is 17.8 Å². The van der Waals surface area contributed by atoms with Crippen molar-refractivity contribution in [1.82, 2.24) is 9.80 Å². The van der Waals surface area contributed by atoms with Crippen LogP contribution >= 0.6 is 0 Å². The first-order chi connectivity index (χ1) is 14.7. The Bertz CT molecular complexity index is 893. The number of Topliss-reactive ketones (excluding diaryl/α,β-unsaturated/α-hetero) is 1. The molecule has 0 radical (unpaired) electrons. The van der Waals surface area contributed by atoms with Crippen molar-refractivity contribution in [1.29, 1.82) is 0 Å². The number of carbonyl (C=O) groups excluding carboxylic acids is 5. The third-order valence-electron chi connectivity index (χ3n) is 5.87. The van der Waals surface area contributed by atoms with Gasteiger partial charge in [0, 0.05) is 23.7 Å². The molecule has 0 aromatic heterocycles. The summed E-state index contributed by atoms with van der Waals surface area (Å²) in [6.45, 7) is 5.39. The zero-order valence-electron chi connectivity index (χ0n) is 18.2. The van der Waals surface area contributed by atoms with Crippen molar-refractivity contribution in [2.75, 3.05) is 11.9 Å². The van der Waals surface area contributed by atoms with Crippen LogP contribution in [0.5, 0.6) is 0 Å². The van der Waals surface area contributed by atoms with Crippen LogP contribution < -0.4 is 5.32 Å². The minimum Gasteiger partial charge on any atom is -0.326 e. The Balaban J connectivity index is 1.65. The molecule has 1 N–H and O–H groups in total. The quantitative estimate of drug-likeness (QED) is 0.409. The smallest absolute Gasteiger partial charge is 0.326 e. The molecule has 2 atom stereocenters. The van der Waals surface area contributed by atoms with Gasteiger partial charge in [-0.05, 0) is 48.9 Å². The van der Waals surface area contributed by atoms with Gasteiger partial charge in [-0.25, -0.2) is 9.69 Å². The Kier molecular flexibility index (Phi) is 6.87. The van der Waals surface area contributed by atoms with Crippen LogP contribution in [0.2, 0.25) is 0 Å². The molecule has 8 heteroatoms. The molecule has 2 aliphatic rings. The molecule has 166 valence electrons. The van der Waals surface area contributed by atoms with Gasteiger partial charge in [0.25, 0.3) is 0 Å². The van der Waals surface area contributed by atoms with Crippen molar-refractivity contribution in [2.45, 2.75) is 58.9 Å². The van der Waals surface area contributed by atoms with Crippen LogP contribution in [0.25, 0.3) is 0 Å². The Morgan fingerprint density at radius 1 is 1.03 bits per heavy atom. The van der Waals surface area contributed by atoms with Crippen LogP contribution in [0.15, 0.2) is 24.3 Å². The molecule has 1 aromatic carbocycles. The molecule has 1 aliphatic heterocycles.